The van der Waals surface area contributed by atoms with Crippen LogP contribution in [0, 0.1) is 5.92 Å². The van der Waals surface area contributed by atoms with E-state index in [1.54, 1.807) is 5.20 Å². The van der Waals surface area contributed by atoms with Crippen LogP contribution in [0.25, 0.3) is 0 Å². The summed E-state index contributed by atoms with van der Waals surface area (Å²) < 4.78 is 0. The first-order valence-electron chi connectivity index (χ1n) is 10.5. The molecule has 1 nitrogen and oxygen atoms in total. The Morgan fingerprint density at radius 1 is 1.04 bits per heavy atom. The van der Waals surface area contributed by atoms with Gasteiger partial charge in [0.1, 0.15) is 0 Å². The maximum atomic E-state index is 12.0. The van der Waals surface area contributed by atoms with Gasteiger partial charge in [0.05, 0.1) is 13.7 Å². The molecule has 2 heteroatoms. The Kier molecular flexibility index (Phi) is 7.51. The molecule has 0 amide bonds. The van der Waals surface area contributed by atoms with Gasteiger partial charge in [0.25, 0.3) is 0 Å². The second-order valence-corrected chi connectivity index (χ2v) is 13.3. The summed E-state index contributed by atoms with van der Waals surface area (Å²) in [6.07, 6.45) is 9.41. The molecule has 0 heterocycles. The molecule has 1 saturated carbocycles. The fourth-order valence-corrected chi connectivity index (χ4v) is 9.23. The van der Waals surface area contributed by atoms with E-state index in [4.69, 9.17) is 0 Å². The minimum atomic E-state index is -1.45. The number of aliphatic hydroxyl groups is 1. The first-order chi connectivity index (χ1) is 12.1. The molecule has 0 bridgehead atoms. The number of allylic oxidation sites excluding steroid dienone is 1. The molecule has 1 aromatic rings. The molecule has 1 fully saturated rings. The van der Waals surface area contributed by atoms with E-state index in [2.05, 4.69) is 64.1 Å². The Balaban J connectivity index is 2.42. The van der Waals surface area contributed by atoms with E-state index in [1.165, 1.54) is 50.2 Å². The van der Waals surface area contributed by atoms with Crippen molar-refractivity contribution in [3.05, 3.63) is 47.2 Å². The quantitative estimate of drug-likeness (QED) is 0.504. The summed E-state index contributed by atoms with van der Waals surface area (Å²) in [5, 5.41) is 13.6. The Morgan fingerprint density at radius 3 is 2.08 bits per heavy atom. The summed E-state index contributed by atoms with van der Waals surface area (Å²) in [6, 6.07) is 14.4. The molecule has 0 spiro atoms. The molecule has 1 unspecified atom stereocenters. The maximum Gasteiger partial charge on any atom is 0.0957 e. The lowest BCUT2D eigenvalue weighted by molar-refractivity contribution is -0.0375. The molecule has 1 aliphatic carbocycles. The van der Waals surface area contributed by atoms with Crippen molar-refractivity contribution < 1.29 is 5.11 Å². The average Bonchev–Trinajstić information content (AvgIpc) is 2.70. The van der Waals surface area contributed by atoms with E-state index in [1.807, 2.05) is 0 Å². The molecule has 0 aliphatic heterocycles. The van der Waals surface area contributed by atoms with Gasteiger partial charge < -0.3 is 5.11 Å². The summed E-state index contributed by atoms with van der Waals surface area (Å²) in [7, 11) is -1.45. The fourth-order valence-electron chi connectivity index (χ4n) is 5.11. The first kappa shape index (κ1) is 20.4. The van der Waals surface area contributed by atoms with Gasteiger partial charge >= 0.3 is 0 Å². The minimum absolute atomic E-state index is 0.399. The van der Waals surface area contributed by atoms with Crippen molar-refractivity contribution in [2.75, 3.05) is 0 Å². The summed E-state index contributed by atoms with van der Waals surface area (Å²) >= 11 is 0. The highest BCUT2D eigenvalue weighted by molar-refractivity contribution is 6.86. The van der Waals surface area contributed by atoms with Gasteiger partial charge in [0.15, 0.2) is 0 Å². The van der Waals surface area contributed by atoms with Crippen molar-refractivity contribution in [1.82, 2.24) is 0 Å². The lowest BCUT2D eigenvalue weighted by atomic mass is 9.71. The van der Waals surface area contributed by atoms with Crippen LogP contribution < -0.4 is 0 Å². The molecular weight excluding hydrogens is 320 g/mol. The van der Waals surface area contributed by atoms with Gasteiger partial charge in [-0.15, -0.1) is 0 Å². The maximum absolute atomic E-state index is 12.0. The third-order valence-corrected chi connectivity index (χ3v) is 13.0. The van der Waals surface area contributed by atoms with Gasteiger partial charge in [-0.05, 0) is 37.7 Å². The number of benzene rings is 1. The third kappa shape index (κ3) is 4.28. The van der Waals surface area contributed by atoms with Crippen LogP contribution in [0.1, 0.15) is 71.8 Å². The van der Waals surface area contributed by atoms with Crippen molar-refractivity contribution in [1.29, 1.82) is 0 Å². The second-order valence-electron chi connectivity index (χ2n) is 7.96. The van der Waals surface area contributed by atoms with E-state index in [0.717, 1.165) is 12.0 Å². The molecule has 1 N–H and O–H groups in total. The highest BCUT2D eigenvalue weighted by Crippen LogP contribution is 2.46. The van der Waals surface area contributed by atoms with Crippen molar-refractivity contribution in [2.24, 2.45) is 5.92 Å². The van der Waals surface area contributed by atoms with Crippen LogP contribution in [-0.4, -0.2) is 13.2 Å². The fraction of sp³-hybridized carbons (Fsp3) is 0.652. The van der Waals surface area contributed by atoms with Gasteiger partial charge in [0, 0.05) is 0 Å². The molecule has 1 aromatic carbocycles. The SMILES string of the molecule is C/C=C(\CC(O)(c1ccccc1)C1CCCCC1)[Si](CC)(CC)CC. The number of rotatable bonds is 8. The zero-order valence-corrected chi connectivity index (χ0v) is 17.9. The van der Waals surface area contributed by atoms with Crippen LogP contribution >= 0.6 is 0 Å². The van der Waals surface area contributed by atoms with E-state index in [9.17, 15) is 5.11 Å². The molecule has 2 rings (SSSR count). The van der Waals surface area contributed by atoms with Gasteiger partial charge in [-0.3, -0.25) is 0 Å². The van der Waals surface area contributed by atoms with Gasteiger partial charge in [-0.25, -0.2) is 0 Å². The van der Waals surface area contributed by atoms with Gasteiger partial charge in [0.2, 0.25) is 0 Å². The molecule has 0 radical (unpaired) electrons. The van der Waals surface area contributed by atoms with Crippen LogP contribution in [0.5, 0.6) is 0 Å². The third-order valence-electron chi connectivity index (χ3n) is 7.07. The zero-order valence-electron chi connectivity index (χ0n) is 16.9. The molecular formula is C23H38OSi. The Labute approximate surface area is 156 Å². The normalized spacial score (nSPS) is 19.6. The van der Waals surface area contributed by atoms with Crippen molar-refractivity contribution >= 4 is 8.07 Å². The van der Waals surface area contributed by atoms with Crippen LogP contribution in [0.15, 0.2) is 41.6 Å². The average molecular weight is 359 g/mol. The molecule has 1 atom stereocenters. The molecule has 1 aliphatic rings. The second kappa shape index (κ2) is 9.18. The van der Waals surface area contributed by atoms with Crippen molar-refractivity contribution in [3.8, 4) is 0 Å². The topological polar surface area (TPSA) is 20.2 Å². The van der Waals surface area contributed by atoms with Crippen LogP contribution in [0.2, 0.25) is 18.1 Å². The van der Waals surface area contributed by atoms with E-state index in [-0.39, 0.29) is 0 Å². The predicted octanol–water partition coefficient (Wildman–Crippen LogP) is 6.84. The lowest BCUT2D eigenvalue weighted by Gasteiger charge is -2.43. The predicted molar refractivity (Wildman–Crippen MR) is 112 cm³/mol. The largest absolute Gasteiger partial charge is 0.385 e. The molecule has 0 saturated heterocycles. The van der Waals surface area contributed by atoms with Crippen molar-refractivity contribution in [2.45, 2.75) is 90.0 Å². The van der Waals surface area contributed by atoms with Gasteiger partial charge in [-0.1, -0.05) is 99.8 Å². The highest BCUT2D eigenvalue weighted by Gasteiger charge is 2.43. The van der Waals surface area contributed by atoms with E-state index < -0.39 is 13.7 Å². The Morgan fingerprint density at radius 2 is 1.60 bits per heavy atom. The first-order valence-corrected chi connectivity index (χ1v) is 13.1. The lowest BCUT2D eigenvalue weighted by Crippen LogP contribution is -2.43. The molecule has 0 aromatic heterocycles. The van der Waals surface area contributed by atoms with E-state index in [0.29, 0.717) is 5.92 Å². The number of hydrogen-bond donors (Lipinski definition) is 1. The smallest absolute Gasteiger partial charge is 0.0957 e. The Hall–Kier alpha value is -0.863. The summed E-state index contributed by atoms with van der Waals surface area (Å²) in [5.74, 6) is 0.399. The van der Waals surface area contributed by atoms with Crippen molar-refractivity contribution in [3.63, 3.8) is 0 Å². The van der Waals surface area contributed by atoms with Crippen LogP contribution in [0.3, 0.4) is 0 Å². The Bertz CT molecular complexity index is 532. The minimum Gasteiger partial charge on any atom is -0.385 e. The summed E-state index contributed by atoms with van der Waals surface area (Å²) in [4.78, 5) is 0. The standard InChI is InChI=1S/C23H38OSi/c1-5-22(25(6-2,7-3)8-4)19-23(24,20-15-11-9-12-16-20)21-17-13-10-14-18-21/h5,9,11-12,15-16,21,24H,6-8,10,13-14,17-19H2,1-4H3/b22-5+. The summed E-state index contributed by atoms with van der Waals surface area (Å²) in [5.41, 5.74) is 0.439. The molecule has 140 valence electrons. The van der Waals surface area contributed by atoms with E-state index >= 15 is 0 Å². The monoisotopic (exact) mass is 358 g/mol. The zero-order chi connectivity index (χ0) is 18.3. The van der Waals surface area contributed by atoms with Crippen LogP contribution in [0.4, 0.5) is 0 Å². The molecule has 25 heavy (non-hydrogen) atoms. The van der Waals surface area contributed by atoms with Gasteiger partial charge in [-0.2, -0.15) is 0 Å². The number of hydrogen-bond acceptors (Lipinski definition) is 1. The summed E-state index contributed by atoms with van der Waals surface area (Å²) in [6.45, 7) is 9.30. The van der Waals surface area contributed by atoms with Crippen LogP contribution in [-0.2, 0) is 5.60 Å². The highest BCUT2D eigenvalue weighted by atomic mass is 28.3.